The molecule has 1 aliphatic carbocycles. The van der Waals surface area contributed by atoms with Crippen molar-refractivity contribution in [2.45, 2.75) is 58.5 Å². The van der Waals surface area contributed by atoms with Crippen LogP contribution < -0.4 is 10.6 Å². The zero-order chi connectivity index (χ0) is 15.1. The number of rotatable bonds is 4. The molecule has 2 rings (SSSR count). The van der Waals surface area contributed by atoms with E-state index in [-0.39, 0.29) is 0 Å². The topological polar surface area (TPSA) is 49.3 Å². The maximum atomic E-state index is 4.41. The lowest BCUT2D eigenvalue weighted by Gasteiger charge is -2.29. The Hall–Kier alpha value is -1.58. The SMILES string of the molecule is CCC1CCC(NC(=NC)NCc2ncccc2C)CC1. The Morgan fingerprint density at radius 1 is 1.33 bits per heavy atom. The third-order valence-electron chi connectivity index (χ3n) is 4.53. The molecule has 0 spiro atoms. The van der Waals surface area contributed by atoms with Crippen LogP contribution in [-0.4, -0.2) is 24.0 Å². The first-order valence-electron chi connectivity index (χ1n) is 8.10. The molecule has 0 saturated heterocycles. The smallest absolute Gasteiger partial charge is 0.191 e. The number of aryl methyl sites for hydroxylation is 1. The van der Waals surface area contributed by atoms with Crippen LogP contribution in [0.2, 0.25) is 0 Å². The van der Waals surface area contributed by atoms with Gasteiger partial charge in [0.2, 0.25) is 0 Å². The van der Waals surface area contributed by atoms with E-state index >= 15 is 0 Å². The third kappa shape index (κ3) is 4.73. The molecule has 0 unspecified atom stereocenters. The van der Waals surface area contributed by atoms with Gasteiger partial charge < -0.3 is 10.6 Å². The first kappa shape index (κ1) is 15.8. The molecule has 116 valence electrons. The molecule has 1 aromatic rings. The van der Waals surface area contributed by atoms with Crippen LogP contribution in [0.15, 0.2) is 23.3 Å². The summed E-state index contributed by atoms with van der Waals surface area (Å²) in [6.07, 6.45) is 8.34. The van der Waals surface area contributed by atoms with E-state index in [9.17, 15) is 0 Å². The molecule has 0 aromatic carbocycles. The minimum absolute atomic E-state index is 0.559. The molecular formula is C17H28N4. The monoisotopic (exact) mass is 288 g/mol. The van der Waals surface area contributed by atoms with Crippen LogP contribution in [0.4, 0.5) is 0 Å². The number of hydrogen-bond donors (Lipinski definition) is 2. The Labute approximate surface area is 128 Å². The van der Waals surface area contributed by atoms with Gasteiger partial charge in [0.1, 0.15) is 0 Å². The van der Waals surface area contributed by atoms with Crippen molar-refractivity contribution in [1.29, 1.82) is 0 Å². The maximum Gasteiger partial charge on any atom is 0.191 e. The van der Waals surface area contributed by atoms with Crippen LogP contribution in [0, 0.1) is 12.8 Å². The molecule has 1 aliphatic rings. The van der Waals surface area contributed by atoms with E-state index in [1.54, 1.807) is 0 Å². The van der Waals surface area contributed by atoms with E-state index in [1.807, 2.05) is 19.3 Å². The van der Waals surface area contributed by atoms with Crippen molar-refractivity contribution in [2.75, 3.05) is 7.05 Å². The summed E-state index contributed by atoms with van der Waals surface area (Å²) in [6.45, 7) is 5.11. The fraction of sp³-hybridized carbons (Fsp3) is 0.647. The van der Waals surface area contributed by atoms with Crippen molar-refractivity contribution in [3.05, 3.63) is 29.6 Å². The number of guanidine groups is 1. The molecule has 2 N–H and O–H groups in total. The minimum atomic E-state index is 0.559. The zero-order valence-corrected chi connectivity index (χ0v) is 13.5. The molecule has 4 heteroatoms. The Kier molecular flexibility index (Phi) is 6.03. The number of pyridine rings is 1. The summed E-state index contributed by atoms with van der Waals surface area (Å²) in [5, 5.41) is 6.93. The molecule has 0 aliphatic heterocycles. The van der Waals surface area contributed by atoms with E-state index in [1.165, 1.54) is 37.7 Å². The van der Waals surface area contributed by atoms with Gasteiger partial charge in [-0.2, -0.15) is 0 Å². The normalized spacial score (nSPS) is 22.9. The fourth-order valence-electron chi connectivity index (χ4n) is 2.97. The summed E-state index contributed by atoms with van der Waals surface area (Å²) in [4.78, 5) is 8.74. The predicted molar refractivity (Wildman–Crippen MR) is 88.3 cm³/mol. The molecule has 21 heavy (non-hydrogen) atoms. The number of aromatic nitrogens is 1. The summed E-state index contributed by atoms with van der Waals surface area (Å²) < 4.78 is 0. The predicted octanol–water partition coefficient (Wildman–Crippen LogP) is 3.02. The van der Waals surface area contributed by atoms with Crippen molar-refractivity contribution in [3.63, 3.8) is 0 Å². The second kappa shape index (κ2) is 8.01. The highest BCUT2D eigenvalue weighted by atomic mass is 15.2. The molecular weight excluding hydrogens is 260 g/mol. The van der Waals surface area contributed by atoms with Crippen molar-refractivity contribution in [2.24, 2.45) is 10.9 Å². The fourth-order valence-corrected chi connectivity index (χ4v) is 2.97. The molecule has 0 bridgehead atoms. The number of hydrogen-bond acceptors (Lipinski definition) is 2. The quantitative estimate of drug-likeness (QED) is 0.661. The summed E-state index contributed by atoms with van der Waals surface area (Å²) in [5.41, 5.74) is 2.29. The number of nitrogens with one attached hydrogen (secondary N) is 2. The van der Waals surface area contributed by atoms with Gasteiger partial charge in [-0.3, -0.25) is 9.98 Å². The molecule has 1 fully saturated rings. The van der Waals surface area contributed by atoms with Crippen molar-refractivity contribution < 1.29 is 0 Å². The first-order chi connectivity index (χ1) is 10.2. The van der Waals surface area contributed by atoms with Crippen LogP contribution in [0.3, 0.4) is 0 Å². The van der Waals surface area contributed by atoms with Crippen LogP contribution in [-0.2, 0) is 6.54 Å². The molecule has 1 heterocycles. The molecule has 4 nitrogen and oxygen atoms in total. The molecule has 0 atom stereocenters. The molecule has 1 saturated carbocycles. The number of nitrogens with zero attached hydrogens (tertiary/aromatic N) is 2. The summed E-state index contributed by atoms with van der Waals surface area (Å²) >= 11 is 0. The van der Waals surface area contributed by atoms with Gasteiger partial charge in [-0.15, -0.1) is 0 Å². The lowest BCUT2D eigenvalue weighted by molar-refractivity contribution is 0.304. The lowest BCUT2D eigenvalue weighted by atomic mass is 9.84. The molecule has 0 amide bonds. The highest BCUT2D eigenvalue weighted by Gasteiger charge is 2.20. The van der Waals surface area contributed by atoms with Gasteiger partial charge in [0.25, 0.3) is 0 Å². The van der Waals surface area contributed by atoms with Gasteiger partial charge in [-0.25, -0.2) is 0 Å². The Morgan fingerprint density at radius 2 is 2.10 bits per heavy atom. The van der Waals surface area contributed by atoms with E-state index in [0.717, 1.165) is 24.1 Å². The van der Waals surface area contributed by atoms with E-state index in [2.05, 4.69) is 40.5 Å². The average molecular weight is 288 g/mol. The first-order valence-corrected chi connectivity index (χ1v) is 8.10. The standard InChI is InChI=1S/C17H28N4/c1-4-14-7-9-15(10-8-14)21-17(18-3)20-12-16-13(2)6-5-11-19-16/h5-6,11,14-15H,4,7-10,12H2,1-3H3,(H2,18,20,21). The minimum Gasteiger partial charge on any atom is -0.354 e. The van der Waals surface area contributed by atoms with Crippen LogP contribution in [0.1, 0.15) is 50.3 Å². The van der Waals surface area contributed by atoms with Gasteiger partial charge in [-0.05, 0) is 50.2 Å². The van der Waals surface area contributed by atoms with Crippen molar-refractivity contribution in [3.8, 4) is 0 Å². The molecule has 1 aromatic heterocycles. The van der Waals surface area contributed by atoms with Gasteiger partial charge in [-0.1, -0.05) is 19.4 Å². The Balaban J connectivity index is 1.80. The van der Waals surface area contributed by atoms with Crippen molar-refractivity contribution >= 4 is 5.96 Å². The van der Waals surface area contributed by atoms with Gasteiger partial charge >= 0.3 is 0 Å². The van der Waals surface area contributed by atoms with Crippen LogP contribution in [0.25, 0.3) is 0 Å². The van der Waals surface area contributed by atoms with E-state index in [0.29, 0.717) is 6.04 Å². The van der Waals surface area contributed by atoms with Gasteiger partial charge in [0.15, 0.2) is 5.96 Å². The lowest BCUT2D eigenvalue weighted by Crippen LogP contribution is -2.44. The maximum absolute atomic E-state index is 4.41. The van der Waals surface area contributed by atoms with Crippen molar-refractivity contribution in [1.82, 2.24) is 15.6 Å². The number of aliphatic imine (C=N–C) groups is 1. The third-order valence-corrected chi connectivity index (χ3v) is 4.53. The van der Waals surface area contributed by atoms with E-state index < -0.39 is 0 Å². The summed E-state index contributed by atoms with van der Waals surface area (Å²) in [6, 6.07) is 4.62. The highest BCUT2D eigenvalue weighted by molar-refractivity contribution is 5.79. The summed E-state index contributed by atoms with van der Waals surface area (Å²) in [5.74, 6) is 1.81. The van der Waals surface area contributed by atoms with Crippen LogP contribution in [0.5, 0.6) is 0 Å². The largest absolute Gasteiger partial charge is 0.354 e. The van der Waals surface area contributed by atoms with E-state index in [4.69, 9.17) is 0 Å². The second-order valence-electron chi connectivity index (χ2n) is 5.96. The Bertz CT molecular complexity index is 462. The second-order valence-corrected chi connectivity index (χ2v) is 5.96. The average Bonchev–Trinajstić information content (AvgIpc) is 2.53. The Morgan fingerprint density at radius 3 is 2.71 bits per heavy atom. The molecule has 0 radical (unpaired) electrons. The summed E-state index contributed by atoms with van der Waals surface area (Å²) in [7, 11) is 1.83. The van der Waals surface area contributed by atoms with Crippen LogP contribution >= 0.6 is 0 Å². The van der Waals surface area contributed by atoms with Gasteiger partial charge in [0.05, 0.1) is 12.2 Å². The highest BCUT2D eigenvalue weighted by Crippen LogP contribution is 2.26. The zero-order valence-electron chi connectivity index (χ0n) is 13.5. The van der Waals surface area contributed by atoms with Gasteiger partial charge in [0, 0.05) is 19.3 Å².